The molecule has 27 heavy (non-hydrogen) atoms. The third kappa shape index (κ3) is 10.9. The van der Waals surface area contributed by atoms with E-state index in [-0.39, 0.29) is 11.8 Å². The normalized spacial score (nSPS) is 12.0. The van der Waals surface area contributed by atoms with E-state index in [1.807, 2.05) is 30.3 Å². The van der Waals surface area contributed by atoms with Gasteiger partial charge in [0.05, 0.1) is 0 Å². The summed E-state index contributed by atoms with van der Waals surface area (Å²) in [6.45, 7) is 7.70. The van der Waals surface area contributed by atoms with Crippen molar-refractivity contribution in [1.82, 2.24) is 16.0 Å². The fraction of sp³-hybridized carbons (Fsp3) is 0.550. The summed E-state index contributed by atoms with van der Waals surface area (Å²) in [6.07, 6.45) is 1.24. The first kappa shape index (κ1) is 22.5. The molecule has 7 heteroatoms. The third-order valence-corrected chi connectivity index (χ3v) is 3.61. The minimum absolute atomic E-state index is 0.0842. The van der Waals surface area contributed by atoms with E-state index in [4.69, 9.17) is 4.74 Å². The Balaban J connectivity index is 2.57. The van der Waals surface area contributed by atoms with Crippen LogP contribution in [-0.2, 0) is 20.9 Å². The van der Waals surface area contributed by atoms with Gasteiger partial charge in [0.2, 0.25) is 11.8 Å². The van der Waals surface area contributed by atoms with Gasteiger partial charge in [0.1, 0.15) is 11.6 Å². The number of alkyl carbamates (subject to hydrolysis) is 1. The molecule has 0 bridgehead atoms. The predicted molar refractivity (Wildman–Crippen MR) is 104 cm³/mol. The average Bonchev–Trinajstić information content (AvgIpc) is 2.57. The highest BCUT2D eigenvalue weighted by atomic mass is 16.6. The molecule has 150 valence electrons. The molecule has 0 aliphatic carbocycles. The molecule has 0 aliphatic heterocycles. The largest absolute Gasteiger partial charge is 0.444 e. The molecule has 0 heterocycles. The van der Waals surface area contributed by atoms with Crippen LogP contribution in [0.2, 0.25) is 0 Å². The van der Waals surface area contributed by atoms with Crippen LogP contribution in [0.3, 0.4) is 0 Å². The summed E-state index contributed by atoms with van der Waals surface area (Å²) in [6, 6.07) is 8.86. The van der Waals surface area contributed by atoms with Crippen LogP contribution in [-0.4, -0.2) is 36.1 Å². The molecule has 1 atom stereocenters. The van der Waals surface area contributed by atoms with Gasteiger partial charge in [-0.25, -0.2) is 4.79 Å². The van der Waals surface area contributed by atoms with Crippen LogP contribution < -0.4 is 16.0 Å². The Bertz CT molecular complexity index is 611. The minimum Gasteiger partial charge on any atom is -0.444 e. The lowest BCUT2D eigenvalue weighted by atomic mass is 10.1. The van der Waals surface area contributed by atoms with Crippen molar-refractivity contribution in [3.05, 3.63) is 35.9 Å². The molecule has 0 fully saturated rings. The van der Waals surface area contributed by atoms with Crippen molar-refractivity contribution in [3.8, 4) is 0 Å². The summed E-state index contributed by atoms with van der Waals surface area (Å²) >= 11 is 0. The Morgan fingerprint density at radius 3 is 2.30 bits per heavy atom. The first-order valence-corrected chi connectivity index (χ1v) is 9.23. The second-order valence-corrected chi connectivity index (χ2v) is 7.38. The molecule has 0 radical (unpaired) electrons. The van der Waals surface area contributed by atoms with E-state index < -0.39 is 17.7 Å². The first-order chi connectivity index (χ1) is 12.7. The Kier molecular flexibility index (Phi) is 9.33. The Labute approximate surface area is 161 Å². The van der Waals surface area contributed by atoms with Crippen LogP contribution in [0.15, 0.2) is 30.3 Å². The van der Waals surface area contributed by atoms with Crippen molar-refractivity contribution >= 4 is 17.9 Å². The Morgan fingerprint density at radius 2 is 1.70 bits per heavy atom. The lowest BCUT2D eigenvalue weighted by Crippen LogP contribution is -2.48. The van der Waals surface area contributed by atoms with Gasteiger partial charge in [0.15, 0.2) is 0 Å². The lowest BCUT2D eigenvalue weighted by molar-refractivity contribution is -0.123. The van der Waals surface area contributed by atoms with Crippen molar-refractivity contribution in [1.29, 1.82) is 0 Å². The summed E-state index contributed by atoms with van der Waals surface area (Å²) in [7, 11) is 0. The van der Waals surface area contributed by atoms with Gasteiger partial charge in [-0.2, -0.15) is 0 Å². The number of hydrogen-bond acceptors (Lipinski definition) is 4. The number of amides is 3. The van der Waals surface area contributed by atoms with Crippen molar-refractivity contribution in [3.63, 3.8) is 0 Å². The van der Waals surface area contributed by atoms with Gasteiger partial charge >= 0.3 is 6.09 Å². The fourth-order valence-corrected chi connectivity index (χ4v) is 2.36. The van der Waals surface area contributed by atoms with Crippen molar-refractivity contribution in [2.75, 3.05) is 6.54 Å². The zero-order chi connectivity index (χ0) is 20.3. The monoisotopic (exact) mass is 377 g/mol. The topological polar surface area (TPSA) is 96.5 Å². The predicted octanol–water partition coefficient (Wildman–Crippen LogP) is 2.50. The summed E-state index contributed by atoms with van der Waals surface area (Å²) in [4.78, 5) is 35.5. The number of benzene rings is 1. The van der Waals surface area contributed by atoms with Crippen LogP contribution in [0.25, 0.3) is 0 Å². The Hall–Kier alpha value is -2.57. The van der Waals surface area contributed by atoms with Crippen LogP contribution in [0.4, 0.5) is 4.79 Å². The number of hydrogen-bond donors (Lipinski definition) is 3. The highest BCUT2D eigenvalue weighted by Crippen LogP contribution is 2.09. The average molecular weight is 377 g/mol. The van der Waals surface area contributed by atoms with Crippen LogP contribution in [0.5, 0.6) is 0 Å². The molecule has 0 spiro atoms. The van der Waals surface area contributed by atoms with Crippen LogP contribution >= 0.6 is 0 Å². The summed E-state index contributed by atoms with van der Waals surface area (Å²) in [5, 5.41) is 8.21. The van der Waals surface area contributed by atoms with E-state index in [9.17, 15) is 14.4 Å². The zero-order valence-corrected chi connectivity index (χ0v) is 16.6. The van der Waals surface area contributed by atoms with Gasteiger partial charge in [0.25, 0.3) is 0 Å². The molecule has 0 aromatic heterocycles. The van der Waals surface area contributed by atoms with Gasteiger partial charge in [0, 0.05) is 20.0 Å². The molecule has 7 nitrogen and oxygen atoms in total. The van der Waals surface area contributed by atoms with Crippen molar-refractivity contribution in [2.24, 2.45) is 0 Å². The maximum absolute atomic E-state index is 12.5. The molecule has 3 N–H and O–H groups in total. The smallest absolute Gasteiger partial charge is 0.408 e. The van der Waals surface area contributed by atoms with Crippen LogP contribution in [0, 0.1) is 0 Å². The molecular weight excluding hydrogens is 346 g/mol. The van der Waals surface area contributed by atoms with E-state index >= 15 is 0 Å². The quantitative estimate of drug-likeness (QED) is 0.576. The fourth-order valence-electron chi connectivity index (χ4n) is 2.36. The van der Waals surface area contributed by atoms with Gasteiger partial charge < -0.3 is 20.7 Å². The molecule has 0 unspecified atom stereocenters. The van der Waals surface area contributed by atoms with E-state index in [1.165, 1.54) is 6.92 Å². The second-order valence-electron chi connectivity index (χ2n) is 7.38. The standard InChI is InChI=1S/C20H31N3O4/c1-15(24)21-13-9-8-12-17(23-19(26)27-20(2,3)4)18(25)22-14-16-10-6-5-7-11-16/h5-7,10-11,17H,8-9,12-14H2,1-4H3,(H,21,24)(H,22,25)(H,23,26)/t17-/m0/s1. The molecule has 0 aliphatic rings. The molecule has 1 aromatic carbocycles. The molecule has 1 aromatic rings. The molecule has 0 saturated carbocycles. The van der Waals surface area contributed by atoms with Gasteiger partial charge in [-0.3, -0.25) is 9.59 Å². The number of carbonyl (C=O) groups is 3. The van der Waals surface area contributed by atoms with Crippen LogP contribution in [0.1, 0.15) is 52.5 Å². The van der Waals surface area contributed by atoms with E-state index in [2.05, 4.69) is 16.0 Å². The third-order valence-electron chi connectivity index (χ3n) is 3.61. The van der Waals surface area contributed by atoms with E-state index in [0.717, 1.165) is 12.0 Å². The number of rotatable bonds is 9. The maximum Gasteiger partial charge on any atom is 0.408 e. The SMILES string of the molecule is CC(=O)NCCCC[C@H](NC(=O)OC(C)(C)C)C(=O)NCc1ccccc1. The number of nitrogens with one attached hydrogen (secondary N) is 3. The second kappa shape index (κ2) is 11.2. The first-order valence-electron chi connectivity index (χ1n) is 9.23. The highest BCUT2D eigenvalue weighted by molar-refractivity contribution is 5.85. The molecule has 3 amide bonds. The zero-order valence-electron chi connectivity index (χ0n) is 16.6. The van der Waals surface area contributed by atoms with Gasteiger partial charge in [-0.15, -0.1) is 0 Å². The minimum atomic E-state index is -0.694. The summed E-state index contributed by atoms with van der Waals surface area (Å²) in [5.74, 6) is -0.344. The number of carbonyl (C=O) groups excluding carboxylic acids is 3. The highest BCUT2D eigenvalue weighted by Gasteiger charge is 2.23. The molecular formula is C20H31N3O4. The molecule has 0 saturated heterocycles. The number of ether oxygens (including phenoxy) is 1. The lowest BCUT2D eigenvalue weighted by Gasteiger charge is -2.23. The summed E-state index contributed by atoms with van der Waals surface area (Å²) < 4.78 is 5.25. The molecule has 1 rings (SSSR count). The van der Waals surface area contributed by atoms with Crippen molar-refractivity contribution in [2.45, 2.75) is 65.1 Å². The Morgan fingerprint density at radius 1 is 1.04 bits per heavy atom. The van der Waals surface area contributed by atoms with Gasteiger partial charge in [-0.1, -0.05) is 30.3 Å². The van der Waals surface area contributed by atoms with Gasteiger partial charge in [-0.05, 0) is 45.6 Å². The van der Waals surface area contributed by atoms with E-state index in [0.29, 0.717) is 25.9 Å². The summed E-state index contributed by atoms with van der Waals surface area (Å²) in [5.41, 5.74) is 0.341. The van der Waals surface area contributed by atoms with Crippen molar-refractivity contribution < 1.29 is 19.1 Å². The van der Waals surface area contributed by atoms with E-state index in [1.54, 1.807) is 20.8 Å². The number of unbranched alkanes of at least 4 members (excludes halogenated alkanes) is 1. The maximum atomic E-state index is 12.5.